The molecule has 2 N–H and O–H groups in total. The molecule has 33 heavy (non-hydrogen) atoms. The SMILES string of the molecule is CCOc1ccc(S(=O)(=O)N2CCC[C@H](C(=O)Nc3cc(S(=O)(=O)NC)ccc3C)C2)cc1. The predicted octanol–water partition coefficient (Wildman–Crippen LogP) is 2.34. The van der Waals surface area contributed by atoms with Crippen LogP contribution in [0, 0.1) is 12.8 Å². The number of nitrogens with one attached hydrogen (secondary N) is 2. The molecule has 1 heterocycles. The molecule has 9 nitrogen and oxygen atoms in total. The van der Waals surface area contributed by atoms with Crippen molar-refractivity contribution in [2.45, 2.75) is 36.5 Å². The van der Waals surface area contributed by atoms with E-state index in [0.717, 1.165) is 0 Å². The molecule has 2 aromatic carbocycles. The number of anilines is 1. The van der Waals surface area contributed by atoms with Gasteiger partial charge in [0.15, 0.2) is 0 Å². The Morgan fingerprint density at radius 3 is 2.39 bits per heavy atom. The van der Waals surface area contributed by atoms with Crippen LogP contribution in [-0.2, 0) is 24.8 Å². The summed E-state index contributed by atoms with van der Waals surface area (Å²) in [5.41, 5.74) is 1.08. The van der Waals surface area contributed by atoms with Crippen molar-refractivity contribution in [2.24, 2.45) is 5.92 Å². The zero-order valence-corrected chi connectivity index (χ0v) is 20.5. The second kappa shape index (κ2) is 10.2. The van der Waals surface area contributed by atoms with Gasteiger partial charge < -0.3 is 10.1 Å². The summed E-state index contributed by atoms with van der Waals surface area (Å²) in [6.45, 7) is 4.47. The third-order valence-corrected chi connectivity index (χ3v) is 8.86. The van der Waals surface area contributed by atoms with Crippen LogP contribution in [0.2, 0.25) is 0 Å². The lowest BCUT2D eigenvalue weighted by Gasteiger charge is -2.31. The van der Waals surface area contributed by atoms with Gasteiger partial charge >= 0.3 is 0 Å². The lowest BCUT2D eigenvalue weighted by atomic mass is 9.98. The molecule has 180 valence electrons. The highest BCUT2D eigenvalue weighted by Crippen LogP contribution is 2.27. The quantitative estimate of drug-likeness (QED) is 0.580. The van der Waals surface area contributed by atoms with Crippen LogP contribution in [0.3, 0.4) is 0 Å². The number of hydrogen-bond donors (Lipinski definition) is 2. The molecular weight excluding hydrogens is 466 g/mol. The smallest absolute Gasteiger partial charge is 0.243 e. The molecule has 1 aliphatic rings. The number of amides is 1. The van der Waals surface area contributed by atoms with Crippen molar-refractivity contribution in [3.63, 3.8) is 0 Å². The van der Waals surface area contributed by atoms with Crippen LogP contribution in [0.4, 0.5) is 5.69 Å². The maximum Gasteiger partial charge on any atom is 0.243 e. The molecule has 0 radical (unpaired) electrons. The average molecular weight is 496 g/mol. The van der Waals surface area contributed by atoms with Gasteiger partial charge in [-0.25, -0.2) is 21.6 Å². The number of aryl methyl sites for hydroxylation is 1. The number of nitrogens with zero attached hydrogens (tertiary/aromatic N) is 1. The summed E-state index contributed by atoms with van der Waals surface area (Å²) >= 11 is 0. The van der Waals surface area contributed by atoms with Crippen LogP contribution in [0.1, 0.15) is 25.3 Å². The van der Waals surface area contributed by atoms with E-state index in [-0.39, 0.29) is 22.2 Å². The van der Waals surface area contributed by atoms with Gasteiger partial charge in [0.05, 0.1) is 22.3 Å². The molecule has 0 aliphatic carbocycles. The van der Waals surface area contributed by atoms with E-state index < -0.39 is 26.0 Å². The zero-order chi connectivity index (χ0) is 24.2. The first-order chi connectivity index (χ1) is 15.6. The van der Waals surface area contributed by atoms with Gasteiger partial charge in [-0.2, -0.15) is 4.31 Å². The monoisotopic (exact) mass is 495 g/mol. The van der Waals surface area contributed by atoms with Gasteiger partial charge in [-0.05, 0) is 75.7 Å². The van der Waals surface area contributed by atoms with Gasteiger partial charge in [0.2, 0.25) is 26.0 Å². The van der Waals surface area contributed by atoms with Crippen molar-refractivity contribution >= 4 is 31.6 Å². The van der Waals surface area contributed by atoms with Crippen LogP contribution in [0.25, 0.3) is 0 Å². The number of sulfonamides is 2. The van der Waals surface area contributed by atoms with Crippen LogP contribution in [-0.4, -0.2) is 53.8 Å². The Balaban J connectivity index is 1.75. The van der Waals surface area contributed by atoms with Gasteiger partial charge in [-0.15, -0.1) is 0 Å². The van der Waals surface area contributed by atoms with Crippen molar-refractivity contribution in [1.82, 2.24) is 9.03 Å². The number of carbonyl (C=O) groups excluding carboxylic acids is 1. The average Bonchev–Trinajstić information content (AvgIpc) is 2.81. The number of carbonyl (C=O) groups is 1. The third-order valence-electron chi connectivity index (χ3n) is 5.57. The molecule has 1 saturated heterocycles. The summed E-state index contributed by atoms with van der Waals surface area (Å²) in [7, 11) is -6.11. The largest absolute Gasteiger partial charge is 0.494 e. The van der Waals surface area contributed by atoms with Gasteiger partial charge in [0.25, 0.3) is 0 Å². The van der Waals surface area contributed by atoms with Crippen molar-refractivity contribution in [3.8, 4) is 5.75 Å². The summed E-state index contributed by atoms with van der Waals surface area (Å²) in [5, 5.41) is 2.78. The first kappa shape index (κ1) is 25.2. The second-order valence-electron chi connectivity index (χ2n) is 7.78. The van der Waals surface area contributed by atoms with E-state index in [1.54, 1.807) is 25.1 Å². The fourth-order valence-corrected chi connectivity index (χ4v) is 5.93. The van der Waals surface area contributed by atoms with Gasteiger partial charge in [-0.1, -0.05) is 6.07 Å². The second-order valence-corrected chi connectivity index (χ2v) is 11.6. The van der Waals surface area contributed by atoms with E-state index in [1.807, 2.05) is 6.92 Å². The van der Waals surface area contributed by atoms with Gasteiger partial charge in [-0.3, -0.25) is 4.79 Å². The van der Waals surface area contributed by atoms with Crippen LogP contribution in [0.5, 0.6) is 5.75 Å². The molecule has 0 bridgehead atoms. The van der Waals surface area contributed by atoms with Crippen molar-refractivity contribution < 1.29 is 26.4 Å². The molecule has 1 fully saturated rings. The highest BCUT2D eigenvalue weighted by molar-refractivity contribution is 7.89. The maximum absolute atomic E-state index is 13.1. The number of rotatable bonds is 8. The molecule has 3 rings (SSSR count). The number of benzene rings is 2. The number of hydrogen-bond acceptors (Lipinski definition) is 6. The Bertz CT molecular complexity index is 1210. The Kier molecular flexibility index (Phi) is 7.78. The summed E-state index contributed by atoms with van der Waals surface area (Å²) < 4.78 is 59.3. The predicted molar refractivity (Wildman–Crippen MR) is 125 cm³/mol. The Hall–Kier alpha value is -2.47. The van der Waals surface area contributed by atoms with Crippen LogP contribution in [0.15, 0.2) is 52.3 Å². The van der Waals surface area contributed by atoms with Gasteiger partial charge in [0.1, 0.15) is 5.75 Å². The van der Waals surface area contributed by atoms with Crippen molar-refractivity contribution in [3.05, 3.63) is 48.0 Å². The zero-order valence-electron chi connectivity index (χ0n) is 18.9. The summed E-state index contributed by atoms with van der Waals surface area (Å²) in [4.78, 5) is 13.1. The summed E-state index contributed by atoms with van der Waals surface area (Å²) in [6.07, 6.45) is 1.08. The minimum absolute atomic E-state index is 0.0363. The minimum Gasteiger partial charge on any atom is -0.494 e. The van der Waals surface area contributed by atoms with Crippen molar-refractivity contribution in [1.29, 1.82) is 0 Å². The van der Waals surface area contributed by atoms with Crippen LogP contribution < -0.4 is 14.8 Å². The first-order valence-corrected chi connectivity index (χ1v) is 13.6. The highest BCUT2D eigenvalue weighted by Gasteiger charge is 2.33. The first-order valence-electron chi connectivity index (χ1n) is 10.7. The molecule has 0 aromatic heterocycles. The van der Waals surface area contributed by atoms with Gasteiger partial charge in [0, 0.05) is 18.8 Å². The maximum atomic E-state index is 13.1. The van der Waals surface area contributed by atoms with E-state index in [4.69, 9.17) is 4.74 Å². The molecule has 1 aliphatic heterocycles. The van der Waals surface area contributed by atoms with E-state index in [1.165, 1.54) is 35.6 Å². The van der Waals surface area contributed by atoms with Crippen molar-refractivity contribution in [2.75, 3.05) is 32.1 Å². The van der Waals surface area contributed by atoms with E-state index >= 15 is 0 Å². The molecule has 0 spiro atoms. The minimum atomic E-state index is -3.76. The Morgan fingerprint density at radius 1 is 1.09 bits per heavy atom. The standard InChI is InChI=1S/C22H29N3O6S2/c1-4-31-18-8-11-19(12-9-18)33(29,30)25-13-5-6-17(15-25)22(26)24-21-14-20(10-7-16(21)2)32(27,28)23-3/h7-12,14,17,23H,4-6,13,15H2,1-3H3,(H,24,26)/t17-/m0/s1. The topological polar surface area (TPSA) is 122 Å². The number of ether oxygens (including phenoxy) is 1. The summed E-state index contributed by atoms with van der Waals surface area (Å²) in [6, 6.07) is 10.7. The molecule has 2 aromatic rings. The van der Waals surface area contributed by atoms with E-state index in [2.05, 4.69) is 10.0 Å². The summed E-state index contributed by atoms with van der Waals surface area (Å²) in [5.74, 6) is -0.311. The fourth-order valence-electron chi connectivity index (χ4n) is 3.65. The normalized spacial score (nSPS) is 17.5. The Labute approximate surface area is 195 Å². The number of piperidine rings is 1. The van der Waals surface area contributed by atoms with Crippen LogP contribution >= 0.6 is 0 Å². The highest BCUT2D eigenvalue weighted by atomic mass is 32.2. The third kappa shape index (κ3) is 5.72. The van der Waals surface area contributed by atoms with E-state index in [0.29, 0.717) is 43.0 Å². The molecule has 1 amide bonds. The molecule has 1 atom stereocenters. The van der Waals surface area contributed by atoms with E-state index in [9.17, 15) is 21.6 Å². The molecular formula is C22H29N3O6S2. The lowest BCUT2D eigenvalue weighted by Crippen LogP contribution is -2.43. The fraction of sp³-hybridized carbons (Fsp3) is 0.409. The lowest BCUT2D eigenvalue weighted by molar-refractivity contribution is -0.120. The molecule has 0 saturated carbocycles. The molecule has 11 heteroatoms. The molecule has 0 unspecified atom stereocenters. The Morgan fingerprint density at radius 2 is 1.76 bits per heavy atom.